The molecule has 2 heterocycles. The summed E-state index contributed by atoms with van der Waals surface area (Å²) < 4.78 is 197. The van der Waals surface area contributed by atoms with Crippen LogP contribution in [0.5, 0.6) is 23.0 Å². The van der Waals surface area contributed by atoms with Crippen LogP contribution in [-0.4, -0.2) is 27.9 Å². The van der Waals surface area contributed by atoms with E-state index in [0.29, 0.717) is 91.0 Å². The maximum absolute atomic E-state index is 16.2. The molecular weight excluding hydrogens is 1390 g/mol. The molecule has 103 heavy (non-hydrogen) atoms. The predicted octanol–water partition coefficient (Wildman–Crippen LogP) is 25.1. The zero-order valence-electron chi connectivity index (χ0n) is 56.9. The maximum Gasteiger partial charge on any atom is 0.518 e. The van der Waals surface area contributed by atoms with Gasteiger partial charge in [0, 0.05) is 44.5 Å². The Morgan fingerprint density at radius 1 is 0.359 bits per heavy atom. The number of fused-ring (bicyclic) bond motifs is 14. The van der Waals surface area contributed by atoms with E-state index in [1.165, 1.54) is 0 Å². The van der Waals surface area contributed by atoms with Gasteiger partial charge in [-0.25, -0.2) is 8.42 Å². The van der Waals surface area contributed by atoms with Crippen LogP contribution in [0.1, 0.15) is 101 Å². The first kappa shape index (κ1) is 70.8. The lowest BCUT2D eigenvalue weighted by molar-refractivity contribution is -0.0445. The topological polar surface area (TPSA) is 142 Å². The van der Waals surface area contributed by atoms with Crippen molar-refractivity contribution < 1.29 is 61.3 Å². The largest absolute Gasteiger partial charge is 0.518 e. The molecular formula is C82H73F6N3O8P2S2. The number of halogens is 6. The summed E-state index contributed by atoms with van der Waals surface area (Å²) in [6.45, 7) is 8.24. The molecule has 0 bridgehead atoms. The highest BCUT2D eigenvalue weighted by Crippen LogP contribution is 2.73. The van der Waals surface area contributed by atoms with E-state index in [4.69, 9.17) is 22.6 Å². The van der Waals surface area contributed by atoms with Crippen LogP contribution in [0.25, 0.3) is 110 Å². The van der Waals surface area contributed by atoms with Crippen molar-refractivity contribution in [3.8, 4) is 89.8 Å². The minimum Gasteiger partial charge on any atom is -0.417 e. The minimum atomic E-state index is -7.07. The molecule has 528 valence electrons. The molecule has 0 radical (unpaired) electrons. The highest BCUT2D eigenvalue weighted by atomic mass is 32.2. The van der Waals surface area contributed by atoms with E-state index in [-0.39, 0.29) is 67.5 Å². The summed E-state index contributed by atoms with van der Waals surface area (Å²) in [6, 6.07) is 64.5. The highest BCUT2D eigenvalue weighted by molar-refractivity contribution is 7.97. The molecule has 1 N–H and O–H groups in total. The van der Waals surface area contributed by atoms with Crippen molar-refractivity contribution in [1.29, 1.82) is 0 Å². The summed E-state index contributed by atoms with van der Waals surface area (Å²) >= 11 is 0. The van der Waals surface area contributed by atoms with Gasteiger partial charge >= 0.3 is 46.4 Å². The van der Waals surface area contributed by atoms with Gasteiger partial charge in [-0.15, -0.1) is 9.01 Å². The Balaban J connectivity index is 1.21. The minimum absolute atomic E-state index is 0.134. The first-order chi connectivity index (χ1) is 49.5. The van der Waals surface area contributed by atoms with Gasteiger partial charge < -0.3 is 18.1 Å². The van der Waals surface area contributed by atoms with E-state index < -0.39 is 46.4 Å². The Hall–Kier alpha value is -9.22. The van der Waals surface area contributed by atoms with E-state index in [2.05, 4.69) is 31.8 Å². The van der Waals surface area contributed by atoms with Gasteiger partial charge in [0.1, 0.15) is 23.0 Å². The van der Waals surface area contributed by atoms with E-state index in [1.54, 1.807) is 150 Å². The zero-order chi connectivity index (χ0) is 72.1. The number of alkyl halides is 6. The van der Waals surface area contributed by atoms with Crippen molar-refractivity contribution in [1.82, 2.24) is 4.49 Å². The Bertz CT molecular complexity index is 5350. The Morgan fingerprint density at radius 2 is 0.621 bits per heavy atom. The third-order valence-electron chi connectivity index (χ3n) is 19.0. The van der Waals surface area contributed by atoms with Crippen LogP contribution in [0.15, 0.2) is 227 Å². The van der Waals surface area contributed by atoms with Gasteiger partial charge in [0.15, 0.2) is 0 Å². The average molecular weight is 1470 g/mol. The van der Waals surface area contributed by atoms with E-state index in [9.17, 15) is 8.42 Å². The molecule has 2 aliphatic heterocycles. The molecule has 0 amide bonds. The first-order valence-electron chi connectivity index (χ1n) is 34.6. The van der Waals surface area contributed by atoms with Crippen LogP contribution in [0.2, 0.25) is 0 Å². The van der Waals surface area contributed by atoms with E-state index in [0.717, 1.165) is 73.6 Å². The molecule has 0 saturated heterocycles. The average Bonchev–Trinajstić information content (AvgIpc) is 1.62. The lowest BCUT2D eigenvalue weighted by atomic mass is 9.86. The SMILES string of the molecule is CCCCc1ccc(-c2cc3ccccc3c3c2OP(=NS(=O)(=O)C(F)(F)F)(N=P2(NS(=O)(=O)C(F)(F)F)Oc4c(-c5ccc(CCCC)cc5)cc5ccccc5c4-c4c(c(-c5ccc(CCCC)cc5)cc5ccccc45)O2)Oc2c(-c4ccc(CCCC)cc4)cc4ccccc4c2-3)cc1. The van der Waals surface area contributed by atoms with Crippen LogP contribution in [0.3, 0.4) is 0 Å². The number of unbranched alkanes of at least 4 members (excludes halogenated alkanes) is 4. The third-order valence-corrected chi connectivity index (χ3v) is 27.3. The zero-order valence-corrected chi connectivity index (χ0v) is 60.3. The molecule has 0 unspecified atom stereocenters. The van der Waals surface area contributed by atoms with Crippen LogP contribution < -0.4 is 22.6 Å². The van der Waals surface area contributed by atoms with Gasteiger partial charge in [0.25, 0.3) is 0 Å². The molecule has 2 aliphatic rings. The number of nitrogens with zero attached hydrogens (tertiary/aromatic N) is 2. The molecule has 0 spiro atoms. The number of nitrogens with one attached hydrogen (secondary N) is 1. The summed E-state index contributed by atoms with van der Waals surface area (Å²) in [7, 11) is -26.7. The van der Waals surface area contributed by atoms with Gasteiger partial charge in [0.05, 0.1) is 0 Å². The van der Waals surface area contributed by atoms with E-state index in [1.807, 2.05) is 72.8 Å². The number of sulfonamides is 2. The summed E-state index contributed by atoms with van der Waals surface area (Å²) in [5.41, 5.74) is -6.07. The number of rotatable bonds is 20. The number of benzene rings is 12. The third kappa shape index (κ3) is 13.9. The Labute approximate surface area is 595 Å². The van der Waals surface area contributed by atoms with Crippen molar-refractivity contribution in [3.63, 3.8) is 0 Å². The number of hydrogen-bond acceptors (Lipinski definition) is 8. The number of aryl methyl sites for hydroxylation is 4. The van der Waals surface area contributed by atoms with Gasteiger partial charge in [0.2, 0.25) is 0 Å². The smallest absolute Gasteiger partial charge is 0.417 e. The summed E-state index contributed by atoms with van der Waals surface area (Å²) in [4.78, 5) is 0. The van der Waals surface area contributed by atoms with Crippen molar-refractivity contribution in [3.05, 3.63) is 241 Å². The Kier molecular flexibility index (Phi) is 19.5. The van der Waals surface area contributed by atoms with Gasteiger partial charge in [-0.2, -0.15) is 34.8 Å². The lowest BCUT2D eigenvalue weighted by Crippen LogP contribution is -2.37. The summed E-state index contributed by atoms with van der Waals surface area (Å²) in [5.74, 6) is -1.44. The second kappa shape index (κ2) is 28.4. The van der Waals surface area contributed by atoms with Gasteiger partial charge in [-0.1, -0.05) is 252 Å². The molecule has 14 rings (SSSR count). The van der Waals surface area contributed by atoms with Crippen LogP contribution in [0.4, 0.5) is 26.3 Å². The standard InChI is InChI=1S/C82H73F6N3O8P2S2/c1-5-9-21-53-33-41-57(42-34-53)69-49-61-25-13-17-29-65(61)73-74-66-30-18-14-26-62(66)50-70(58-43-35-54(36-44-58)22-10-6-2)78(74)97-100(96-77(69)73,90-102(92,93)81(83,84)85)89-101(91-103(94,95)82(86,87)88)98-79-71(59-45-37-55(38-46-59)23-11-7-3)51-63-27-15-19-31-67(63)75(79)76-68-32-20-16-28-64(68)52-72(80(76)99-101)60-47-39-56(40-48-60)24-12-8-4/h13-20,25-52,90H,5-12,21-24H2,1-4H3. The molecule has 0 saturated carbocycles. The highest BCUT2D eigenvalue weighted by Gasteiger charge is 2.56. The quantitative estimate of drug-likeness (QED) is 0.0587. The van der Waals surface area contributed by atoms with Crippen molar-refractivity contribution in [2.75, 3.05) is 0 Å². The lowest BCUT2D eigenvalue weighted by Gasteiger charge is -2.29. The predicted molar refractivity (Wildman–Crippen MR) is 404 cm³/mol. The molecule has 12 aromatic rings. The van der Waals surface area contributed by atoms with E-state index >= 15 is 34.8 Å². The van der Waals surface area contributed by atoms with Crippen LogP contribution >= 0.6 is 15.3 Å². The van der Waals surface area contributed by atoms with Crippen LogP contribution in [-0.2, 0) is 45.7 Å². The van der Waals surface area contributed by atoms with Gasteiger partial charge in [-0.3, -0.25) is 0 Å². The fraction of sp³-hybridized carbons (Fsp3) is 0.220. The summed E-state index contributed by atoms with van der Waals surface area (Å²) in [5, 5.41) is 3.92. The van der Waals surface area contributed by atoms with Crippen molar-refractivity contribution in [2.45, 2.75) is 116 Å². The molecule has 12 aromatic carbocycles. The second-order valence-corrected chi connectivity index (χ2v) is 33.8. The molecule has 0 aliphatic carbocycles. The van der Waals surface area contributed by atoms with Gasteiger partial charge in [-0.05, 0) is 163 Å². The fourth-order valence-corrected chi connectivity index (χ4v) is 21.8. The normalized spacial score (nSPS) is 14.1. The molecule has 21 heteroatoms. The maximum atomic E-state index is 16.2. The Morgan fingerprint density at radius 3 is 0.874 bits per heavy atom. The molecule has 11 nitrogen and oxygen atoms in total. The first-order valence-corrected chi connectivity index (χ1v) is 40.6. The van der Waals surface area contributed by atoms with Crippen molar-refractivity contribution in [2.24, 2.45) is 8.67 Å². The fourth-order valence-electron chi connectivity index (χ4n) is 13.7. The monoisotopic (exact) mass is 1470 g/mol. The molecule has 0 aromatic heterocycles. The summed E-state index contributed by atoms with van der Waals surface area (Å²) in [6.07, 6.45) is 9.68. The number of hydrogen-bond donors (Lipinski definition) is 1. The van der Waals surface area contributed by atoms with Crippen molar-refractivity contribution >= 4 is 78.5 Å². The molecule has 0 fully saturated rings. The molecule has 0 atom stereocenters. The van der Waals surface area contributed by atoms with Crippen LogP contribution in [0, 0.1) is 0 Å². The second-order valence-electron chi connectivity index (χ2n) is 26.1.